The zero-order valence-corrected chi connectivity index (χ0v) is 14.3. The number of furan rings is 1. The van der Waals surface area contributed by atoms with Gasteiger partial charge in [-0.2, -0.15) is 0 Å². The number of benzene rings is 1. The molecule has 0 saturated carbocycles. The van der Waals surface area contributed by atoms with Crippen LogP contribution < -0.4 is 5.32 Å². The molecule has 0 aliphatic heterocycles. The standard InChI is InChI=1S/C18H19NO6/c1-11-4-5-16(25-11)15(20)6-7-19-14-9-12(17(21)23-2)8-13(10-14)18(22)24-3/h4-5,8-10,19H,6-7H2,1-3H3. The van der Waals surface area contributed by atoms with E-state index in [1.165, 1.54) is 20.3 Å². The van der Waals surface area contributed by atoms with Gasteiger partial charge in [-0.1, -0.05) is 0 Å². The Morgan fingerprint density at radius 1 is 1.00 bits per heavy atom. The number of ether oxygens (including phenoxy) is 2. The molecule has 2 rings (SSSR count). The average molecular weight is 345 g/mol. The Bertz CT molecular complexity index is 758. The van der Waals surface area contributed by atoms with Crippen LogP contribution in [-0.4, -0.2) is 38.5 Å². The molecule has 0 aliphatic rings. The minimum absolute atomic E-state index is 0.141. The summed E-state index contributed by atoms with van der Waals surface area (Å²) in [7, 11) is 2.51. The highest BCUT2D eigenvalue weighted by atomic mass is 16.5. The Morgan fingerprint density at radius 3 is 2.08 bits per heavy atom. The fraction of sp³-hybridized carbons (Fsp3) is 0.278. The van der Waals surface area contributed by atoms with E-state index in [0.29, 0.717) is 23.8 Å². The predicted octanol–water partition coefficient (Wildman–Crippen LogP) is 2.85. The van der Waals surface area contributed by atoms with Crippen LogP contribution >= 0.6 is 0 Å². The lowest BCUT2D eigenvalue weighted by Gasteiger charge is -2.10. The molecule has 0 bridgehead atoms. The second-order valence-electron chi connectivity index (χ2n) is 5.29. The van der Waals surface area contributed by atoms with Gasteiger partial charge >= 0.3 is 11.9 Å². The van der Waals surface area contributed by atoms with Gasteiger partial charge in [-0.25, -0.2) is 9.59 Å². The Balaban J connectivity index is 2.08. The number of Topliss-reactive ketones (excluding diaryl/α,β-unsaturated/α-hetero) is 1. The number of methoxy groups -OCH3 is 2. The lowest BCUT2D eigenvalue weighted by atomic mass is 10.1. The van der Waals surface area contributed by atoms with Crippen LogP contribution in [-0.2, 0) is 9.47 Å². The molecule has 0 aliphatic carbocycles. The molecule has 1 aromatic carbocycles. The fourth-order valence-corrected chi connectivity index (χ4v) is 2.23. The van der Waals surface area contributed by atoms with Crippen LogP contribution in [0.2, 0.25) is 0 Å². The summed E-state index contributed by atoms with van der Waals surface area (Å²) in [5.74, 6) is -0.313. The van der Waals surface area contributed by atoms with Crippen LogP contribution in [0.5, 0.6) is 0 Å². The maximum absolute atomic E-state index is 12.0. The molecule has 0 unspecified atom stereocenters. The molecule has 1 heterocycles. The van der Waals surface area contributed by atoms with Gasteiger partial charge in [0, 0.05) is 18.7 Å². The number of hydrogen-bond donors (Lipinski definition) is 1. The number of anilines is 1. The van der Waals surface area contributed by atoms with Gasteiger partial charge in [0.05, 0.1) is 25.3 Å². The summed E-state index contributed by atoms with van der Waals surface area (Å²) in [6.07, 6.45) is 0.197. The second kappa shape index (κ2) is 8.14. The summed E-state index contributed by atoms with van der Waals surface area (Å²) in [6, 6.07) is 7.83. The minimum Gasteiger partial charge on any atom is -0.465 e. The molecule has 0 spiro atoms. The Kier molecular flexibility index (Phi) is 5.94. The first kappa shape index (κ1) is 18.3. The monoisotopic (exact) mass is 345 g/mol. The lowest BCUT2D eigenvalue weighted by Crippen LogP contribution is -2.11. The van der Waals surface area contributed by atoms with E-state index in [4.69, 9.17) is 4.42 Å². The smallest absolute Gasteiger partial charge is 0.337 e. The van der Waals surface area contributed by atoms with Gasteiger partial charge in [-0.3, -0.25) is 4.79 Å². The maximum Gasteiger partial charge on any atom is 0.337 e. The normalized spacial score (nSPS) is 10.2. The number of hydrogen-bond acceptors (Lipinski definition) is 7. The molecule has 132 valence electrons. The van der Waals surface area contributed by atoms with Crippen molar-refractivity contribution in [3.8, 4) is 0 Å². The van der Waals surface area contributed by atoms with Crippen LogP contribution in [0, 0.1) is 6.92 Å². The van der Waals surface area contributed by atoms with Crippen molar-refractivity contribution in [1.29, 1.82) is 0 Å². The van der Waals surface area contributed by atoms with Crippen molar-refractivity contribution in [2.45, 2.75) is 13.3 Å². The van der Waals surface area contributed by atoms with E-state index in [1.807, 2.05) is 0 Å². The van der Waals surface area contributed by atoms with E-state index >= 15 is 0 Å². The molecule has 7 heteroatoms. The van der Waals surface area contributed by atoms with E-state index in [-0.39, 0.29) is 23.3 Å². The molecular formula is C18H19NO6. The molecule has 1 N–H and O–H groups in total. The van der Waals surface area contributed by atoms with Gasteiger partial charge in [0.25, 0.3) is 0 Å². The van der Waals surface area contributed by atoms with Crippen molar-refractivity contribution in [1.82, 2.24) is 0 Å². The number of nitrogens with one attached hydrogen (secondary N) is 1. The van der Waals surface area contributed by atoms with E-state index < -0.39 is 11.9 Å². The van der Waals surface area contributed by atoms with Crippen LogP contribution in [0.3, 0.4) is 0 Å². The number of esters is 2. The topological polar surface area (TPSA) is 94.8 Å². The van der Waals surface area contributed by atoms with Gasteiger partial charge in [-0.05, 0) is 37.3 Å². The molecule has 25 heavy (non-hydrogen) atoms. The van der Waals surface area contributed by atoms with E-state index in [0.717, 1.165) is 0 Å². The summed E-state index contributed by atoms with van der Waals surface area (Å²) < 4.78 is 14.6. The Morgan fingerprint density at radius 2 is 1.60 bits per heavy atom. The van der Waals surface area contributed by atoms with Crippen molar-refractivity contribution < 1.29 is 28.3 Å². The van der Waals surface area contributed by atoms with Crippen molar-refractivity contribution in [2.75, 3.05) is 26.1 Å². The molecule has 0 saturated heterocycles. The summed E-state index contributed by atoms with van der Waals surface area (Å²) in [5.41, 5.74) is 0.925. The highest BCUT2D eigenvalue weighted by Gasteiger charge is 2.14. The first-order valence-electron chi connectivity index (χ1n) is 7.60. The van der Waals surface area contributed by atoms with Gasteiger partial charge in [0.2, 0.25) is 0 Å². The maximum atomic E-state index is 12.0. The largest absolute Gasteiger partial charge is 0.465 e. The van der Waals surface area contributed by atoms with Gasteiger partial charge < -0.3 is 19.2 Å². The van der Waals surface area contributed by atoms with Gasteiger partial charge in [0.15, 0.2) is 11.5 Å². The summed E-state index contributed by atoms with van der Waals surface area (Å²) in [4.78, 5) is 35.5. The highest BCUT2D eigenvalue weighted by Crippen LogP contribution is 2.17. The number of aryl methyl sites for hydroxylation is 1. The third-order valence-corrected chi connectivity index (χ3v) is 3.47. The third-order valence-electron chi connectivity index (χ3n) is 3.47. The van der Waals surface area contributed by atoms with Gasteiger partial charge in [-0.15, -0.1) is 0 Å². The quantitative estimate of drug-likeness (QED) is 0.609. The van der Waals surface area contributed by atoms with Crippen LogP contribution in [0.25, 0.3) is 0 Å². The number of ketones is 1. The number of carbonyl (C=O) groups is 3. The highest BCUT2D eigenvalue weighted by molar-refractivity contribution is 5.97. The van der Waals surface area contributed by atoms with E-state index in [2.05, 4.69) is 14.8 Å². The van der Waals surface area contributed by atoms with Crippen molar-refractivity contribution >= 4 is 23.4 Å². The minimum atomic E-state index is -0.573. The summed E-state index contributed by atoms with van der Waals surface area (Å²) in [5, 5.41) is 3.01. The van der Waals surface area contributed by atoms with Crippen molar-refractivity contribution in [3.05, 3.63) is 53.0 Å². The predicted molar refractivity (Wildman–Crippen MR) is 90.0 cm³/mol. The summed E-state index contributed by atoms with van der Waals surface area (Å²) >= 11 is 0. The first-order chi connectivity index (χ1) is 11.9. The lowest BCUT2D eigenvalue weighted by molar-refractivity contribution is 0.0599. The molecule has 0 atom stereocenters. The molecule has 0 amide bonds. The molecular weight excluding hydrogens is 326 g/mol. The molecule has 0 fully saturated rings. The van der Waals surface area contributed by atoms with E-state index in [9.17, 15) is 14.4 Å². The van der Waals surface area contributed by atoms with Crippen LogP contribution in [0.1, 0.15) is 43.5 Å². The number of rotatable bonds is 7. The molecule has 2 aromatic rings. The van der Waals surface area contributed by atoms with E-state index in [1.54, 1.807) is 31.2 Å². The summed E-state index contributed by atoms with van der Waals surface area (Å²) in [6.45, 7) is 2.07. The fourth-order valence-electron chi connectivity index (χ4n) is 2.23. The molecule has 0 radical (unpaired) electrons. The van der Waals surface area contributed by atoms with Crippen molar-refractivity contribution in [2.24, 2.45) is 0 Å². The van der Waals surface area contributed by atoms with Crippen LogP contribution in [0.4, 0.5) is 5.69 Å². The molecule has 7 nitrogen and oxygen atoms in total. The second-order valence-corrected chi connectivity index (χ2v) is 5.29. The molecule has 1 aromatic heterocycles. The Hall–Kier alpha value is -3.09. The zero-order valence-electron chi connectivity index (χ0n) is 14.3. The van der Waals surface area contributed by atoms with Crippen molar-refractivity contribution in [3.63, 3.8) is 0 Å². The zero-order chi connectivity index (χ0) is 18.4. The average Bonchev–Trinajstić information content (AvgIpc) is 3.06. The first-order valence-corrected chi connectivity index (χ1v) is 7.60. The third kappa shape index (κ3) is 4.69. The SMILES string of the molecule is COC(=O)c1cc(NCCC(=O)c2ccc(C)o2)cc(C(=O)OC)c1. The number of carbonyl (C=O) groups excluding carboxylic acids is 3. The Labute approximate surface area is 144 Å². The van der Waals surface area contributed by atoms with Gasteiger partial charge in [0.1, 0.15) is 5.76 Å². The van der Waals surface area contributed by atoms with Crippen LogP contribution in [0.15, 0.2) is 34.7 Å².